The van der Waals surface area contributed by atoms with Crippen LogP contribution in [-0.4, -0.2) is 4.98 Å². The first-order valence-electron chi connectivity index (χ1n) is 4.68. The molecule has 1 aromatic heterocycles. The fraction of sp³-hybridized carbons (Fsp3) is 0. The topological polar surface area (TPSA) is 45.9 Å². The van der Waals surface area contributed by atoms with Gasteiger partial charge in [0.25, 0.3) is 0 Å². The van der Waals surface area contributed by atoms with E-state index in [0.29, 0.717) is 5.75 Å². The summed E-state index contributed by atoms with van der Waals surface area (Å²) in [5.74, 6) is -0.125. The number of benzene rings is 1. The summed E-state index contributed by atoms with van der Waals surface area (Å²) in [6, 6.07) is 8.12. The lowest BCUT2D eigenvalue weighted by Gasteiger charge is -2.07. The van der Waals surface area contributed by atoms with Crippen molar-refractivity contribution >= 4 is 15.9 Å². The third-order valence-corrected chi connectivity index (χ3v) is 2.80. The van der Waals surface area contributed by atoms with Gasteiger partial charge in [0.1, 0.15) is 11.8 Å². The first-order valence-corrected chi connectivity index (χ1v) is 5.47. The molecule has 0 bridgehead atoms. The number of hydrogen-bond acceptors (Lipinski definition) is 3. The molecule has 0 radical (unpaired) electrons. The molecule has 0 fully saturated rings. The second-order valence-corrected chi connectivity index (χ2v) is 3.93. The Labute approximate surface area is 106 Å². The van der Waals surface area contributed by atoms with Crippen LogP contribution in [0.5, 0.6) is 11.5 Å². The summed E-state index contributed by atoms with van der Waals surface area (Å²) in [5, 5.41) is 8.73. The maximum atomic E-state index is 13.8. The van der Waals surface area contributed by atoms with Gasteiger partial charge in [0.2, 0.25) is 0 Å². The first kappa shape index (κ1) is 11.6. The molecule has 0 N–H and O–H groups in total. The lowest BCUT2D eigenvalue weighted by atomic mass is 10.2. The lowest BCUT2D eigenvalue weighted by Crippen LogP contribution is -1.92. The smallest absolute Gasteiger partial charge is 0.181 e. The lowest BCUT2D eigenvalue weighted by molar-refractivity contribution is 0.438. The van der Waals surface area contributed by atoms with Gasteiger partial charge in [-0.2, -0.15) is 5.26 Å². The van der Waals surface area contributed by atoms with E-state index in [9.17, 15) is 4.39 Å². The van der Waals surface area contributed by atoms with Crippen molar-refractivity contribution in [1.29, 1.82) is 5.26 Å². The molecular weight excluding hydrogens is 287 g/mol. The van der Waals surface area contributed by atoms with Crippen molar-refractivity contribution in [2.45, 2.75) is 0 Å². The van der Waals surface area contributed by atoms with Gasteiger partial charge in [-0.15, -0.1) is 0 Å². The average Bonchev–Trinajstić information content (AvgIpc) is 2.37. The number of halogens is 2. The molecule has 2 rings (SSSR count). The molecule has 0 aliphatic rings. The van der Waals surface area contributed by atoms with Crippen LogP contribution >= 0.6 is 15.9 Å². The van der Waals surface area contributed by atoms with E-state index in [4.69, 9.17) is 10.00 Å². The van der Waals surface area contributed by atoms with E-state index < -0.39 is 5.82 Å². The summed E-state index contributed by atoms with van der Waals surface area (Å²) in [4.78, 5) is 3.86. The Morgan fingerprint density at radius 3 is 2.82 bits per heavy atom. The van der Waals surface area contributed by atoms with Crippen molar-refractivity contribution in [2.75, 3.05) is 0 Å². The molecule has 0 saturated carbocycles. The standard InChI is InChI=1S/C12H6BrFN2O/c13-11-8(6-15)3-4-10(12(11)14)17-9-2-1-5-16-7-9/h1-5,7H. The molecule has 84 valence electrons. The molecule has 0 aliphatic carbocycles. The minimum absolute atomic E-state index is 0.0453. The van der Waals surface area contributed by atoms with Crippen molar-refractivity contribution in [3.63, 3.8) is 0 Å². The van der Waals surface area contributed by atoms with Gasteiger partial charge in [-0.05, 0) is 40.2 Å². The normalized spacial score (nSPS) is 9.71. The third kappa shape index (κ3) is 2.43. The second kappa shape index (κ2) is 4.93. The van der Waals surface area contributed by atoms with Crippen LogP contribution in [0.15, 0.2) is 41.1 Å². The molecule has 5 heteroatoms. The SMILES string of the molecule is N#Cc1ccc(Oc2cccnc2)c(F)c1Br. The molecule has 17 heavy (non-hydrogen) atoms. The first-order chi connectivity index (χ1) is 8.22. The van der Waals surface area contributed by atoms with E-state index in [2.05, 4.69) is 20.9 Å². The van der Waals surface area contributed by atoms with E-state index in [-0.39, 0.29) is 15.8 Å². The monoisotopic (exact) mass is 292 g/mol. The van der Waals surface area contributed by atoms with Gasteiger partial charge in [-0.3, -0.25) is 4.98 Å². The van der Waals surface area contributed by atoms with E-state index in [1.165, 1.54) is 18.3 Å². The summed E-state index contributed by atoms with van der Waals surface area (Å²) in [7, 11) is 0. The highest BCUT2D eigenvalue weighted by Crippen LogP contribution is 2.30. The van der Waals surface area contributed by atoms with Crippen LogP contribution in [0, 0.1) is 17.1 Å². The van der Waals surface area contributed by atoms with Gasteiger partial charge in [-0.1, -0.05) is 0 Å². The summed E-state index contributed by atoms with van der Waals surface area (Å²) < 4.78 is 19.2. The van der Waals surface area contributed by atoms with Gasteiger partial charge in [-0.25, -0.2) is 4.39 Å². The number of pyridine rings is 1. The highest BCUT2D eigenvalue weighted by Gasteiger charge is 2.12. The fourth-order valence-electron chi connectivity index (χ4n) is 1.23. The zero-order valence-corrected chi connectivity index (χ0v) is 10.1. The molecule has 0 saturated heterocycles. The fourth-order valence-corrected chi connectivity index (χ4v) is 1.65. The zero-order chi connectivity index (χ0) is 12.3. The van der Waals surface area contributed by atoms with Gasteiger partial charge >= 0.3 is 0 Å². The molecule has 1 heterocycles. The van der Waals surface area contributed by atoms with E-state index in [0.717, 1.165) is 0 Å². The third-order valence-electron chi connectivity index (χ3n) is 2.03. The Morgan fingerprint density at radius 2 is 2.18 bits per heavy atom. The van der Waals surface area contributed by atoms with Gasteiger partial charge < -0.3 is 4.74 Å². The number of hydrogen-bond donors (Lipinski definition) is 0. The Morgan fingerprint density at radius 1 is 1.35 bits per heavy atom. The Kier molecular flexibility index (Phi) is 3.35. The van der Waals surface area contributed by atoms with Crippen molar-refractivity contribution in [3.8, 4) is 17.6 Å². The average molecular weight is 293 g/mol. The molecule has 0 aliphatic heterocycles. The van der Waals surface area contributed by atoms with Crippen LogP contribution in [-0.2, 0) is 0 Å². The van der Waals surface area contributed by atoms with E-state index >= 15 is 0 Å². The van der Waals surface area contributed by atoms with Crippen LogP contribution in [0.1, 0.15) is 5.56 Å². The molecule has 0 amide bonds. The van der Waals surface area contributed by atoms with E-state index in [1.807, 2.05) is 6.07 Å². The van der Waals surface area contributed by atoms with Gasteiger partial charge in [0.05, 0.1) is 16.2 Å². The highest BCUT2D eigenvalue weighted by atomic mass is 79.9. The zero-order valence-electron chi connectivity index (χ0n) is 8.52. The number of ether oxygens (including phenoxy) is 1. The summed E-state index contributed by atoms with van der Waals surface area (Å²) >= 11 is 3.01. The largest absolute Gasteiger partial charge is 0.453 e. The molecular formula is C12H6BrFN2O. The predicted octanol–water partition coefficient (Wildman–Crippen LogP) is 3.65. The van der Waals surface area contributed by atoms with Gasteiger partial charge in [0, 0.05) is 6.20 Å². The minimum Gasteiger partial charge on any atom is -0.453 e. The maximum Gasteiger partial charge on any atom is 0.181 e. The highest BCUT2D eigenvalue weighted by molar-refractivity contribution is 9.10. The Balaban J connectivity index is 2.36. The molecule has 0 spiro atoms. The van der Waals surface area contributed by atoms with Crippen LogP contribution < -0.4 is 4.74 Å². The maximum absolute atomic E-state index is 13.8. The molecule has 2 aromatic rings. The molecule has 1 aromatic carbocycles. The number of rotatable bonds is 2. The van der Waals surface area contributed by atoms with Crippen molar-refractivity contribution < 1.29 is 9.13 Å². The number of nitriles is 1. The predicted molar refractivity (Wildman–Crippen MR) is 63.1 cm³/mol. The summed E-state index contributed by atoms with van der Waals surface area (Å²) in [6.07, 6.45) is 3.07. The van der Waals surface area contributed by atoms with Crippen molar-refractivity contribution in [2.24, 2.45) is 0 Å². The molecule has 0 atom stereocenters. The van der Waals surface area contributed by atoms with Gasteiger partial charge in [0.15, 0.2) is 11.6 Å². The summed E-state index contributed by atoms with van der Waals surface area (Å²) in [6.45, 7) is 0. The van der Waals surface area contributed by atoms with Crippen molar-refractivity contribution in [1.82, 2.24) is 4.98 Å². The Hall–Kier alpha value is -1.93. The second-order valence-electron chi connectivity index (χ2n) is 3.14. The van der Waals surface area contributed by atoms with E-state index in [1.54, 1.807) is 18.3 Å². The molecule has 3 nitrogen and oxygen atoms in total. The van der Waals surface area contributed by atoms with Crippen LogP contribution in [0.2, 0.25) is 0 Å². The van der Waals surface area contributed by atoms with Crippen LogP contribution in [0.3, 0.4) is 0 Å². The van der Waals surface area contributed by atoms with Crippen molar-refractivity contribution in [3.05, 3.63) is 52.5 Å². The minimum atomic E-state index is -0.604. The Bertz CT molecular complexity index is 581. The van der Waals surface area contributed by atoms with Crippen LogP contribution in [0.25, 0.3) is 0 Å². The summed E-state index contributed by atoms with van der Waals surface area (Å²) in [5.41, 5.74) is 0.223. The molecule has 0 unspecified atom stereocenters. The quantitative estimate of drug-likeness (QED) is 0.849. The number of nitrogens with zero attached hydrogens (tertiary/aromatic N) is 2. The number of aromatic nitrogens is 1. The van der Waals surface area contributed by atoms with Crippen LogP contribution in [0.4, 0.5) is 4.39 Å².